The van der Waals surface area contributed by atoms with E-state index >= 15 is 0 Å². The van der Waals surface area contributed by atoms with Gasteiger partial charge in [-0.05, 0) is 74.3 Å². The number of urea groups is 2. The first-order chi connectivity index (χ1) is 19.9. The summed E-state index contributed by atoms with van der Waals surface area (Å²) >= 11 is 0. The number of rotatable bonds is 6. The summed E-state index contributed by atoms with van der Waals surface area (Å²) < 4.78 is 5.91. The van der Waals surface area contributed by atoms with Crippen LogP contribution in [0.4, 0.5) is 15.3 Å². The molecule has 3 aliphatic rings. The van der Waals surface area contributed by atoms with Gasteiger partial charge in [0, 0.05) is 43.2 Å². The van der Waals surface area contributed by atoms with E-state index in [1.54, 1.807) is 11.1 Å². The number of nitrogens with zero attached hydrogens (tertiary/aromatic N) is 3. The second-order valence-electron chi connectivity index (χ2n) is 11.6. The van der Waals surface area contributed by atoms with Gasteiger partial charge < -0.3 is 25.2 Å². The van der Waals surface area contributed by atoms with E-state index in [1.165, 1.54) is 6.42 Å². The number of fused-ring (bicyclic) bond motifs is 2. The lowest BCUT2D eigenvalue weighted by molar-refractivity contribution is -0.152. The van der Waals surface area contributed by atoms with E-state index in [1.807, 2.05) is 48.2 Å². The second-order valence-corrected chi connectivity index (χ2v) is 11.6. The van der Waals surface area contributed by atoms with Crippen LogP contribution in [-0.4, -0.2) is 69.3 Å². The Bertz CT molecular complexity index is 1420. The van der Waals surface area contributed by atoms with Crippen molar-refractivity contribution in [2.24, 2.45) is 0 Å². The van der Waals surface area contributed by atoms with Crippen LogP contribution in [0, 0.1) is 6.92 Å². The van der Waals surface area contributed by atoms with Crippen molar-refractivity contribution in [3.63, 3.8) is 0 Å². The van der Waals surface area contributed by atoms with E-state index < -0.39 is 6.04 Å². The predicted molar refractivity (Wildman–Crippen MR) is 155 cm³/mol. The highest BCUT2D eigenvalue weighted by Gasteiger charge is 2.34. The molecule has 3 heterocycles. The minimum Gasteiger partial charge on any atom is -0.461 e. The minimum absolute atomic E-state index is 0.0455. The maximum Gasteiger partial charge on any atom is 0.329 e. The number of amides is 4. The molecule has 1 saturated heterocycles. The van der Waals surface area contributed by atoms with Crippen LogP contribution < -0.4 is 10.6 Å². The zero-order chi connectivity index (χ0) is 28.3. The maximum absolute atomic E-state index is 13.4. The zero-order valence-corrected chi connectivity index (χ0v) is 23.5. The monoisotopic (exact) mass is 558 g/mol. The van der Waals surface area contributed by atoms with Crippen LogP contribution in [0.3, 0.4) is 0 Å². The number of para-hydroxylation sites is 1. The smallest absolute Gasteiger partial charge is 0.329 e. The molecule has 1 atom stereocenters. The number of carbonyl (C=O) groups excluding carboxylic acids is 3. The second kappa shape index (κ2) is 11.8. The van der Waals surface area contributed by atoms with Gasteiger partial charge >= 0.3 is 18.0 Å². The highest BCUT2D eigenvalue weighted by molar-refractivity contribution is 5.92. The number of hydrogen-bond donors (Lipinski definition) is 3. The number of anilines is 1. The lowest BCUT2D eigenvalue weighted by Crippen LogP contribution is -2.55. The molecule has 1 saturated carbocycles. The lowest BCUT2D eigenvalue weighted by atomic mass is 9.97. The van der Waals surface area contributed by atoms with E-state index in [2.05, 4.69) is 20.8 Å². The fraction of sp³-hybridized carbons (Fsp3) is 0.484. The highest BCUT2D eigenvalue weighted by atomic mass is 16.5. The molecular weight excluding hydrogens is 520 g/mol. The Morgan fingerprint density at radius 1 is 1.10 bits per heavy atom. The van der Waals surface area contributed by atoms with E-state index in [0.717, 1.165) is 59.0 Å². The van der Waals surface area contributed by atoms with Crippen LogP contribution in [0.15, 0.2) is 42.6 Å². The van der Waals surface area contributed by atoms with Crippen molar-refractivity contribution in [2.75, 3.05) is 18.4 Å². The molecule has 2 fully saturated rings. The Morgan fingerprint density at radius 2 is 1.88 bits per heavy atom. The third-order valence-electron chi connectivity index (χ3n) is 8.72. The van der Waals surface area contributed by atoms with E-state index in [0.29, 0.717) is 38.9 Å². The molecule has 216 valence electrons. The number of benzene rings is 2. The SMILES string of the molecule is Cc1cc(CC(NC(=O)N2CCC(N3Cc4ccccc4NC3=O)CC2)C(=O)OC2CCCCC2)cc2cn[nH]c12. The Balaban J connectivity index is 1.11. The Labute approximate surface area is 239 Å². The number of ether oxygens (including phenoxy) is 1. The molecule has 0 bridgehead atoms. The summed E-state index contributed by atoms with van der Waals surface area (Å²) in [5.74, 6) is -0.381. The number of likely N-dealkylation sites (tertiary alicyclic amines) is 1. The summed E-state index contributed by atoms with van der Waals surface area (Å²) in [4.78, 5) is 43.2. The van der Waals surface area contributed by atoms with Crippen molar-refractivity contribution in [3.8, 4) is 0 Å². The normalized spacial score (nSPS) is 19.0. The van der Waals surface area contributed by atoms with Crippen molar-refractivity contribution >= 4 is 34.6 Å². The number of carbonyl (C=O) groups is 3. The van der Waals surface area contributed by atoms with Gasteiger partial charge in [0.1, 0.15) is 12.1 Å². The quantitative estimate of drug-likeness (QED) is 0.373. The van der Waals surface area contributed by atoms with Crippen LogP contribution in [0.2, 0.25) is 0 Å². The molecule has 6 rings (SSSR count). The number of nitrogens with one attached hydrogen (secondary N) is 3. The number of aromatic amines is 1. The van der Waals surface area contributed by atoms with Gasteiger partial charge in [0.25, 0.3) is 0 Å². The molecule has 41 heavy (non-hydrogen) atoms. The number of H-pyrrole nitrogens is 1. The Hall–Kier alpha value is -4.08. The number of hydrogen-bond acceptors (Lipinski definition) is 5. The third-order valence-corrected chi connectivity index (χ3v) is 8.72. The number of aryl methyl sites for hydroxylation is 1. The molecule has 2 aliphatic heterocycles. The Kier molecular flexibility index (Phi) is 7.80. The van der Waals surface area contributed by atoms with Crippen molar-refractivity contribution in [1.82, 2.24) is 25.3 Å². The van der Waals surface area contributed by atoms with Crippen LogP contribution in [0.25, 0.3) is 10.9 Å². The Morgan fingerprint density at radius 3 is 2.68 bits per heavy atom. The average molecular weight is 559 g/mol. The molecule has 4 amide bonds. The summed E-state index contributed by atoms with van der Waals surface area (Å²) in [6.45, 7) is 3.58. The summed E-state index contributed by atoms with van der Waals surface area (Å²) in [5.41, 5.74) is 4.90. The van der Waals surface area contributed by atoms with Crippen molar-refractivity contribution in [3.05, 3.63) is 59.3 Å². The molecule has 10 heteroatoms. The van der Waals surface area contributed by atoms with E-state index in [-0.39, 0.29) is 30.2 Å². The van der Waals surface area contributed by atoms with Gasteiger partial charge in [-0.2, -0.15) is 5.10 Å². The van der Waals surface area contributed by atoms with Gasteiger partial charge in [0.15, 0.2) is 0 Å². The average Bonchev–Trinajstić information content (AvgIpc) is 3.46. The van der Waals surface area contributed by atoms with Crippen molar-refractivity contribution < 1.29 is 19.1 Å². The molecule has 1 aromatic heterocycles. The van der Waals surface area contributed by atoms with Gasteiger partial charge in [-0.1, -0.05) is 30.7 Å². The molecule has 10 nitrogen and oxygen atoms in total. The van der Waals surface area contributed by atoms with Gasteiger partial charge in [-0.25, -0.2) is 14.4 Å². The highest BCUT2D eigenvalue weighted by Crippen LogP contribution is 2.28. The van der Waals surface area contributed by atoms with Gasteiger partial charge in [-0.15, -0.1) is 0 Å². The number of aromatic nitrogens is 2. The molecule has 1 unspecified atom stereocenters. The lowest BCUT2D eigenvalue weighted by Gasteiger charge is -2.40. The summed E-state index contributed by atoms with van der Waals surface area (Å²) in [6, 6.07) is 10.8. The van der Waals surface area contributed by atoms with Gasteiger partial charge in [0.2, 0.25) is 0 Å². The molecule has 3 aromatic rings. The van der Waals surface area contributed by atoms with Crippen LogP contribution in [-0.2, 0) is 22.5 Å². The molecular formula is C31H38N6O4. The minimum atomic E-state index is -0.796. The topological polar surface area (TPSA) is 120 Å². The number of piperidine rings is 1. The predicted octanol–water partition coefficient (Wildman–Crippen LogP) is 4.88. The summed E-state index contributed by atoms with van der Waals surface area (Å²) in [5, 5.41) is 14.1. The third kappa shape index (κ3) is 6.01. The van der Waals surface area contributed by atoms with E-state index in [9.17, 15) is 14.4 Å². The first-order valence-corrected chi connectivity index (χ1v) is 14.8. The maximum atomic E-state index is 13.4. The summed E-state index contributed by atoms with van der Waals surface area (Å²) in [7, 11) is 0. The standard InChI is InChI=1S/C31H38N6O4/c1-20-15-21(16-23-18-32-35-28(20)23)17-27(29(38)41-25-8-3-2-4-9-25)34-30(39)36-13-11-24(12-14-36)37-19-22-7-5-6-10-26(22)33-31(37)40/h5-7,10,15-16,18,24-25,27H,2-4,8-9,11-14,17,19H2,1H3,(H,32,35)(H,33,40)(H,34,39). The first-order valence-electron chi connectivity index (χ1n) is 14.8. The fourth-order valence-corrected chi connectivity index (χ4v) is 6.43. The molecule has 2 aromatic carbocycles. The van der Waals surface area contributed by atoms with Crippen molar-refractivity contribution in [2.45, 2.75) is 83.0 Å². The van der Waals surface area contributed by atoms with Crippen LogP contribution in [0.1, 0.15) is 61.6 Å². The molecule has 1 aliphatic carbocycles. The zero-order valence-electron chi connectivity index (χ0n) is 23.5. The first kappa shape index (κ1) is 27.1. The van der Waals surface area contributed by atoms with E-state index in [4.69, 9.17) is 4.74 Å². The fourth-order valence-electron chi connectivity index (χ4n) is 6.43. The molecule has 0 radical (unpaired) electrons. The van der Waals surface area contributed by atoms with Crippen molar-refractivity contribution in [1.29, 1.82) is 0 Å². The molecule has 3 N–H and O–H groups in total. The number of esters is 1. The van der Waals surface area contributed by atoms with Gasteiger partial charge in [-0.3, -0.25) is 5.10 Å². The largest absolute Gasteiger partial charge is 0.461 e. The van der Waals surface area contributed by atoms with Crippen LogP contribution in [0.5, 0.6) is 0 Å². The summed E-state index contributed by atoms with van der Waals surface area (Å²) in [6.07, 6.45) is 8.39. The molecule has 0 spiro atoms. The van der Waals surface area contributed by atoms with Crippen LogP contribution >= 0.6 is 0 Å². The van der Waals surface area contributed by atoms with Gasteiger partial charge in [0.05, 0.1) is 11.7 Å².